The number of benzene rings is 1. The molecule has 0 spiro atoms. The lowest BCUT2D eigenvalue weighted by molar-refractivity contribution is 0.285. The van der Waals surface area contributed by atoms with Crippen LogP contribution in [0, 0.1) is 17.5 Å². The molecule has 2 rings (SSSR count). The number of rotatable bonds is 4. The van der Waals surface area contributed by atoms with Gasteiger partial charge in [-0.15, -0.1) is 11.3 Å². The molecular weight excluding hydrogens is 315 g/mol. The van der Waals surface area contributed by atoms with Crippen molar-refractivity contribution in [1.29, 1.82) is 0 Å². The van der Waals surface area contributed by atoms with Crippen LogP contribution in [0.5, 0.6) is 0 Å². The van der Waals surface area contributed by atoms with Crippen molar-refractivity contribution in [3.05, 3.63) is 46.6 Å². The van der Waals surface area contributed by atoms with Crippen LogP contribution in [0.25, 0.3) is 0 Å². The van der Waals surface area contributed by atoms with E-state index in [1.165, 1.54) is 12.1 Å². The second-order valence-corrected chi connectivity index (χ2v) is 6.81. The Morgan fingerprint density at radius 3 is 2.50 bits per heavy atom. The molecule has 0 aliphatic carbocycles. The molecule has 2 aromatic rings. The van der Waals surface area contributed by atoms with Gasteiger partial charge in [-0.2, -0.15) is 0 Å². The molecule has 0 amide bonds. The lowest BCUT2D eigenvalue weighted by Crippen LogP contribution is -2.13. The maximum atomic E-state index is 13.4. The van der Waals surface area contributed by atoms with E-state index >= 15 is 0 Å². The van der Waals surface area contributed by atoms with Gasteiger partial charge in [0.25, 0.3) is 10.0 Å². The Hall–Kier alpha value is -1.58. The van der Waals surface area contributed by atoms with Crippen molar-refractivity contribution in [3.63, 3.8) is 0 Å². The van der Waals surface area contributed by atoms with E-state index in [-0.39, 0.29) is 10.8 Å². The Balaban J connectivity index is 2.38. The van der Waals surface area contributed by atoms with Crippen LogP contribution in [-0.2, 0) is 16.6 Å². The minimum atomic E-state index is -4.17. The maximum absolute atomic E-state index is 13.4. The van der Waals surface area contributed by atoms with E-state index < -0.39 is 33.2 Å². The molecule has 4 nitrogen and oxygen atoms in total. The SMILES string of the molecule is O=S(=O)(Nc1cc(F)cc(F)c1F)c1ccc(CO)s1. The van der Waals surface area contributed by atoms with E-state index in [0.717, 1.165) is 11.3 Å². The van der Waals surface area contributed by atoms with Crippen LogP contribution < -0.4 is 4.72 Å². The lowest BCUT2D eigenvalue weighted by atomic mass is 10.3. The van der Waals surface area contributed by atoms with Gasteiger partial charge in [0.2, 0.25) is 0 Å². The quantitative estimate of drug-likeness (QED) is 0.850. The molecule has 1 aromatic heterocycles. The summed E-state index contributed by atoms with van der Waals surface area (Å²) in [5, 5.41) is 8.86. The van der Waals surface area contributed by atoms with Gasteiger partial charge < -0.3 is 5.11 Å². The number of sulfonamides is 1. The fourth-order valence-corrected chi connectivity index (χ4v) is 3.68. The molecule has 0 atom stereocenters. The van der Waals surface area contributed by atoms with Crippen molar-refractivity contribution in [1.82, 2.24) is 0 Å². The van der Waals surface area contributed by atoms with Crippen LogP contribution in [0.15, 0.2) is 28.5 Å². The molecule has 20 heavy (non-hydrogen) atoms. The standard InChI is InChI=1S/C11H8F3NO3S2/c12-6-3-8(13)11(14)9(4-6)15-20(17,18)10-2-1-7(5-16)19-10/h1-4,15-16H,5H2. The Labute approximate surface area is 116 Å². The lowest BCUT2D eigenvalue weighted by Gasteiger charge is -2.08. The van der Waals surface area contributed by atoms with Crippen molar-refractivity contribution in [2.45, 2.75) is 10.8 Å². The predicted octanol–water partition coefficient (Wildman–Crippen LogP) is 2.46. The van der Waals surface area contributed by atoms with Crippen molar-refractivity contribution in [2.75, 3.05) is 4.72 Å². The average molecular weight is 323 g/mol. The summed E-state index contributed by atoms with van der Waals surface area (Å²) >= 11 is 0.763. The first kappa shape index (κ1) is 14.8. The first-order valence-corrected chi connectivity index (χ1v) is 7.50. The summed E-state index contributed by atoms with van der Waals surface area (Å²) < 4.78 is 64.8. The molecule has 0 radical (unpaired) electrons. The van der Waals surface area contributed by atoms with Crippen molar-refractivity contribution < 1.29 is 26.7 Å². The number of aliphatic hydroxyl groups excluding tert-OH is 1. The van der Waals surface area contributed by atoms with Crippen LogP contribution in [0.3, 0.4) is 0 Å². The number of hydrogen-bond acceptors (Lipinski definition) is 4. The molecule has 0 fully saturated rings. The third-order valence-electron chi connectivity index (χ3n) is 2.29. The van der Waals surface area contributed by atoms with E-state index in [4.69, 9.17) is 5.11 Å². The van der Waals surface area contributed by atoms with Gasteiger partial charge in [-0.1, -0.05) is 0 Å². The highest BCUT2D eigenvalue weighted by Gasteiger charge is 2.20. The molecule has 9 heteroatoms. The van der Waals surface area contributed by atoms with Crippen LogP contribution >= 0.6 is 11.3 Å². The molecule has 1 heterocycles. The Bertz CT molecular complexity index is 743. The molecule has 0 bridgehead atoms. The minimum Gasteiger partial charge on any atom is -0.391 e. The summed E-state index contributed by atoms with van der Waals surface area (Å²) in [4.78, 5) is 0.385. The highest BCUT2D eigenvalue weighted by Crippen LogP contribution is 2.26. The smallest absolute Gasteiger partial charge is 0.271 e. The second-order valence-electron chi connectivity index (χ2n) is 3.73. The van der Waals surface area contributed by atoms with Crippen molar-refractivity contribution >= 4 is 27.0 Å². The molecular formula is C11H8F3NO3S2. The summed E-state index contributed by atoms with van der Waals surface area (Å²) in [6.45, 7) is -0.344. The highest BCUT2D eigenvalue weighted by atomic mass is 32.2. The van der Waals surface area contributed by atoms with E-state index in [1.54, 1.807) is 4.72 Å². The number of halogens is 3. The Morgan fingerprint density at radius 2 is 1.90 bits per heavy atom. The van der Waals surface area contributed by atoms with Crippen molar-refractivity contribution in [2.24, 2.45) is 0 Å². The predicted molar refractivity (Wildman–Crippen MR) is 67.4 cm³/mol. The first-order chi connectivity index (χ1) is 9.33. The van der Waals surface area contributed by atoms with E-state index in [0.29, 0.717) is 17.0 Å². The van der Waals surface area contributed by atoms with Gasteiger partial charge in [-0.3, -0.25) is 4.72 Å². The molecule has 0 unspecified atom stereocenters. The molecule has 2 N–H and O–H groups in total. The number of nitrogens with one attached hydrogen (secondary N) is 1. The summed E-state index contributed by atoms with van der Waals surface area (Å²) in [5.74, 6) is -4.09. The third-order valence-corrected chi connectivity index (χ3v) is 5.22. The van der Waals surface area contributed by atoms with Crippen LogP contribution in [0.4, 0.5) is 18.9 Å². The molecule has 0 saturated heterocycles. The molecule has 0 saturated carbocycles. The maximum Gasteiger partial charge on any atom is 0.271 e. The number of hydrogen-bond donors (Lipinski definition) is 2. The Kier molecular flexibility index (Phi) is 4.02. The summed E-state index contributed by atoms with van der Waals surface area (Å²) in [6.07, 6.45) is 0. The summed E-state index contributed by atoms with van der Waals surface area (Å²) in [5.41, 5.74) is -0.818. The minimum absolute atomic E-state index is 0.203. The zero-order valence-corrected chi connectivity index (χ0v) is 11.4. The molecule has 0 aliphatic heterocycles. The molecule has 0 aliphatic rings. The van der Waals surface area contributed by atoms with Gasteiger partial charge in [0.15, 0.2) is 11.6 Å². The van der Waals surface area contributed by atoms with Crippen LogP contribution in [-0.4, -0.2) is 13.5 Å². The molecule has 1 aromatic carbocycles. The van der Waals surface area contributed by atoms with Crippen LogP contribution in [0.1, 0.15) is 4.88 Å². The fourth-order valence-electron chi connectivity index (χ4n) is 1.41. The highest BCUT2D eigenvalue weighted by molar-refractivity contribution is 7.94. The van der Waals surface area contributed by atoms with E-state index in [9.17, 15) is 21.6 Å². The number of thiophene rings is 1. The van der Waals surface area contributed by atoms with Gasteiger partial charge in [-0.25, -0.2) is 21.6 Å². The van der Waals surface area contributed by atoms with Gasteiger partial charge >= 0.3 is 0 Å². The summed E-state index contributed by atoms with van der Waals surface area (Å²) in [7, 11) is -4.17. The third kappa shape index (κ3) is 2.94. The largest absolute Gasteiger partial charge is 0.391 e. The number of anilines is 1. The van der Waals surface area contributed by atoms with Gasteiger partial charge in [0.05, 0.1) is 12.3 Å². The van der Waals surface area contributed by atoms with E-state index in [2.05, 4.69) is 0 Å². The fraction of sp³-hybridized carbons (Fsp3) is 0.0909. The zero-order chi connectivity index (χ0) is 14.9. The van der Waals surface area contributed by atoms with Crippen LogP contribution in [0.2, 0.25) is 0 Å². The Morgan fingerprint density at radius 1 is 1.20 bits per heavy atom. The second kappa shape index (κ2) is 5.43. The topological polar surface area (TPSA) is 66.4 Å². The average Bonchev–Trinajstić information content (AvgIpc) is 2.84. The monoisotopic (exact) mass is 323 g/mol. The zero-order valence-electron chi connectivity index (χ0n) is 9.73. The molecule has 108 valence electrons. The summed E-state index contributed by atoms with van der Waals surface area (Å²) in [6, 6.07) is 3.42. The normalized spacial score (nSPS) is 11.6. The van der Waals surface area contributed by atoms with Gasteiger partial charge in [0, 0.05) is 17.0 Å². The first-order valence-electron chi connectivity index (χ1n) is 5.20. The van der Waals surface area contributed by atoms with E-state index in [1.807, 2.05) is 0 Å². The number of aliphatic hydroxyl groups is 1. The van der Waals surface area contributed by atoms with Gasteiger partial charge in [-0.05, 0) is 12.1 Å². The van der Waals surface area contributed by atoms with Gasteiger partial charge in [0.1, 0.15) is 10.0 Å². The van der Waals surface area contributed by atoms with Crippen molar-refractivity contribution in [3.8, 4) is 0 Å².